The molecule has 3 fully saturated rings. The van der Waals surface area contributed by atoms with Crippen LogP contribution in [0, 0.1) is 0 Å². The summed E-state index contributed by atoms with van der Waals surface area (Å²) in [4.78, 5) is 34.8. The highest BCUT2D eigenvalue weighted by atomic mass is 16.7. The molecule has 30 heavy (non-hydrogen) atoms. The van der Waals surface area contributed by atoms with Crippen LogP contribution in [-0.2, 0) is 0 Å². The van der Waals surface area contributed by atoms with Gasteiger partial charge in [0.1, 0.15) is 17.5 Å². The van der Waals surface area contributed by atoms with Crippen LogP contribution < -0.4 is 14.5 Å². The van der Waals surface area contributed by atoms with Gasteiger partial charge in [0, 0.05) is 60.0 Å². The van der Waals surface area contributed by atoms with E-state index in [2.05, 4.69) is 30.4 Å². The lowest BCUT2D eigenvalue weighted by Gasteiger charge is -2.11. The van der Waals surface area contributed by atoms with Crippen LogP contribution in [0.2, 0.25) is 0 Å². The van der Waals surface area contributed by atoms with Crippen LogP contribution in [0.15, 0.2) is 15.5 Å². The molecule has 1 aromatic heterocycles. The summed E-state index contributed by atoms with van der Waals surface area (Å²) in [6, 6.07) is -0.117. The molecule has 3 aliphatic rings. The molecule has 12 nitrogen and oxygen atoms in total. The van der Waals surface area contributed by atoms with Gasteiger partial charge in [-0.2, -0.15) is 0 Å². The lowest BCUT2D eigenvalue weighted by Crippen LogP contribution is -2.20. The molecule has 162 valence electrons. The van der Waals surface area contributed by atoms with Crippen LogP contribution in [0.3, 0.4) is 0 Å². The molecule has 0 bridgehead atoms. The smallest absolute Gasteiger partial charge is 0.355 e. The Morgan fingerprint density at radius 2 is 0.867 bits per heavy atom. The Bertz CT molecular complexity index is 736. The maximum absolute atomic E-state index is 5.43. The van der Waals surface area contributed by atoms with Crippen molar-refractivity contribution in [2.24, 2.45) is 15.5 Å². The maximum atomic E-state index is 5.43. The first-order valence-electron chi connectivity index (χ1n) is 10.2. The van der Waals surface area contributed by atoms with E-state index in [-0.39, 0.29) is 18.0 Å². The second-order valence-electron chi connectivity index (χ2n) is 7.55. The number of hydrogen-bond acceptors (Lipinski definition) is 9. The fraction of sp³-hybridized carbons (Fsp3) is 0.667. The molecule has 0 radical (unpaired) electrons. The van der Waals surface area contributed by atoms with Gasteiger partial charge in [-0.3, -0.25) is 0 Å². The van der Waals surface area contributed by atoms with Crippen LogP contribution in [0.1, 0.15) is 38.5 Å². The molecule has 0 spiro atoms. The van der Waals surface area contributed by atoms with Crippen molar-refractivity contribution in [1.29, 1.82) is 0 Å². The largest absolute Gasteiger partial charge is 0.360 e. The van der Waals surface area contributed by atoms with Gasteiger partial charge in [0.05, 0.1) is 0 Å². The Labute approximate surface area is 175 Å². The zero-order chi connectivity index (χ0) is 20.9. The van der Waals surface area contributed by atoms with Gasteiger partial charge in [0.15, 0.2) is 0 Å². The lowest BCUT2D eigenvalue weighted by molar-refractivity contribution is 0.244. The van der Waals surface area contributed by atoms with Crippen molar-refractivity contribution in [2.45, 2.75) is 38.5 Å². The molecule has 3 aliphatic heterocycles. The molecule has 12 heteroatoms. The van der Waals surface area contributed by atoms with Crippen LogP contribution >= 0.6 is 0 Å². The van der Waals surface area contributed by atoms with Crippen molar-refractivity contribution in [1.82, 2.24) is 29.7 Å². The number of oxime groups is 3. The first-order valence-corrected chi connectivity index (χ1v) is 10.2. The van der Waals surface area contributed by atoms with Crippen LogP contribution in [0.25, 0.3) is 0 Å². The molecule has 0 unspecified atom stereocenters. The highest BCUT2D eigenvalue weighted by Gasteiger charge is 2.19. The van der Waals surface area contributed by atoms with Crippen molar-refractivity contribution in [2.75, 3.05) is 40.8 Å². The SMILES string of the molecule is CN1CCC/C1=N/Oc1nc(O/N=C2\CCCN2C)nc(O/N=C2\CCCN2C)n1. The number of nitrogens with zero attached hydrogens (tertiary/aromatic N) is 9. The van der Waals surface area contributed by atoms with E-state index in [1.165, 1.54) is 0 Å². The minimum absolute atomic E-state index is 0.0391. The molecular formula is C18H27N9O3. The molecule has 0 atom stereocenters. The third-order valence-electron chi connectivity index (χ3n) is 5.28. The minimum Gasteiger partial charge on any atom is -0.360 e. The third kappa shape index (κ3) is 4.86. The topological polar surface area (TPSA) is 113 Å². The average Bonchev–Trinajstić information content (AvgIpc) is 3.45. The molecular weight excluding hydrogens is 390 g/mol. The van der Waals surface area contributed by atoms with E-state index < -0.39 is 0 Å². The van der Waals surface area contributed by atoms with Crippen molar-refractivity contribution in [3.05, 3.63) is 0 Å². The monoisotopic (exact) mass is 417 g/mol. The standard InChI is InChI=1S/C18H27N9O3/c1-25-10-4-7-13(25)22-28-16-19-17(29-23-14-8-5-11-26(14)2)21-18(20-16)30-24-15-9-6-12-27(15)3/h4-12H2,1-3H3/b22-13-,23-14+,24-15+. The predicted octanol–water partition coefficient (Wildman–Crippen LogP) is 1.13. The number of rotatable bonds is 6. The summed E-state index contributed by atoms with van der Waals surface area (Å²) in [6.07, 6.45) is 5.63. The first-order chi connectivity index (χ1) is 14.6. The van der Waals surface area contributed by atoms with Crippen molar-refractivity contribution >= 4 is 17.5 Å². The normalized spacial score (nSPS) is 23.3. The quantitative estimate of drug-likeness (QED) is 0.628. The first kappa shape index (κ1) is 20.1. The fourth-order valence-corrected chi connectivity index (χ4v) is 3.45. The molecule has 0 aromatic carbocycles. The fourth-order valence-electron chi connectivity index (χ4n) is 3.45. The van der Waals surface area contributed by atoms with Crippen LogP contribution in [-0.4, -0.2) is 87.9 Å². The Hall–Kier alpha value is -3.18. The molecule has 1 aromatic rings. The van der Waals surface area contributed by atoms with Crippen molar-refractivity contribution < 1.29 is 14.5 Å². The van der Waals surface area contributed by atoms with Gasteiger partial charge in [-0.15, -0.1) is 15.0 Å². The van der Waals surface area contributed by atoms with Crippen molar-refractivity contribution in [3.63, 3.8) is 0 Å². The Morgan fingerprint density at radius 3 is 1.10 bits per heavy atom. The second kappa shape index (κ2) is 9.09. The number of hydrogen-bond donors (Lipinski definition) is 0. The Balaban J connectivity index is 1.53. The highest BCUT2D eigenvalue weighted by molar-refractivity contribution is 5.84. The minimum atomic E-state index is -0.0391. The van der Waals surface area contributed by atoms with Crippen LogP contribution in [0.5, 0.6) is 18.0 Å². The Morgan fingerprint density at radius 1 is 0.567 bits per heavy atom. The summed E-state index contributed by atoms with van der Waals surface area (Å²) in [5.41, 5.74) is 0. The van der Waals surface area contributed by atoms with E-state index in [1.807, 2.05) is 35.8 Å². The number of aromatic nitrogens is 3. The molecule has 0 amide bonds. The molecule has 0 saturated carbocycles. The van der Waals surface area contributed by atoms with E-state index in [1.54, 1.807) is 0 Å². The third-order valence-corrected chi connectivity index (χ3v) is 5.28. The summed E-state index contributed by atoms with van der Waals surface area (Å²) in [5, 5.41) is 12.4. The number of amidine groups is 3. The van der Waals surface area contributed by atoms with Crippen molar-refractivity contribution in [3.8, 4) is 18.0 Å². The van der Waals surface area contributed by atoms with Gasteiger partial charge in [-0.1, -0.05) is 15.5 Å². The molecule has 4 rings (SSSR count). The summed E-state index contributed by atoms with van der Waals surface area (Å²) in [6.45, 7) is 2.83. The van der Waals surface area contributed by atoms with E-state index in [4.69, 9.17) is 14.5 Å². The zero-order valence-electron chi connectivity index (χ0n) is 17.6. The lowest BCUT2D eigenvalue weighted by atomic mass is 10.4. The van der Waals surface area contributed by atoms with Gasteiger partial charge in [-0.25, -0.2) is 0 Å². The van der Waals surface area contributed by atoms with E-state index in [0.29, 0.717) is 0 Å². The highest BCUT2D eigenvalue weighted by Crippen LogP contribution is 2.18. The average molecular weight is 417 g/mol. The van der Waals surface area contributed by atoms with Gasteiger partial charge >= 0.3 is 18.0 Å². The maximum Gasteiger partial charge on any atom is 0.355 e. The van der Waals surface area contributed by atoms with Gasteiger partial charge in [0.2, 0.25) is 0 Å². The molecule has 0 aliphatic carbocycles. The van der Waals surface area contributed by atoms with Gasteiger partial charge < -0.3 is 29.2 Å². The molecule has 3 saturated heterocycles. The number of likely N-dealkylation sites (tertiary alicyclic amines) is 3. The molecule has 4 heterocycles. The predicted molar refractivity (Wildman–Crippen MR) is 110 cm³/mol. The summed E-state index contributed by atoms with van der Waals surface area (Å²) in [7, 11) is 5.90. The summed E-state index contributed by atoms with van der Waals surface area (Å²) >= 11 is 0. The van der Waals surface area contributed by atoms with E-state index in [9.17, 15) is 0 Å². The van der Waals surface area contributed by atoms with Crippen LogP contribution in [0.4, 0.5) is 0 Å². The summed E-state index contributed by atoms with van der Waals surface area (Å²) < 4.78 is 0. The van der Waals surface area contributed by atoms with Gasteiger partial charge in [-0.05, 0) is 19.3 Å². The van der Waals surface area contributed by atoms with E-state index in [0.717, 1.165) is 75.7 Å². The summed E-state index contributed by atoms with van der Waals surface area (Å²) in [5.74, 6) is 2.50. The second-order valence-corrected chi connectivity index (χ2v) is 7.55. The Kier molecular flexibility index (Phi) is 6.10. The van der Waals surface area contributed by atoms with Gasteiger partial charge in [0.25, 0.3) is 0 Å². The van der Waals surface area contributed by atoms with E-state index >= 15 is 0 Å². The zero-order valence-corrected chi connectivity index (χ0v) is 17.6. The molecule has 0 N–H and O–H groups in total.